The van der Waals surface area contributed by atoms with Gasteiger partial charge >= 0.3 is 0 Å². The van der Waals surface area contributed by atoms with Crippen molar-refractivity contribution in [2.75, 3.05) is 18.9 Å². The summed E-state index contributed by atoms with van der Waals surface area (Å²) in [4.78, 5) is 23.1. The van der Waals surface area contributed by atoms with E-state index in [9.17, 15) is 9.59 Å². The van der Waals surface area contributed by atoms with Crippen LogP contribution >= 0.6 is 0 Å². The normalized spacial score (nSPS) is 14.2. The zero-order chi connectivity index (χ0) is 13.7. The Morgan fingerprint density at radius 1 is 1.42 bits per heavy atom. The third kappa shape index (κ3) is 4.70. The molecule has 1 aliphatic carbocycles. The molecule has 19 heavy (non-hydrogen) atoms. The largest absolute Gasteiger partial charge is 0.352 e. The van der Waals surface area contributed by atoms with Gasteiger partial charge in [0.1, 0.15) is 6.54 Å². The molecule has 7 heteroatoms. The lowest BCUT2D eigenvalue weighted by Gasteiger charge is -2.03. The van der Waals surface area contributed by atoms with Crippen LogP contribution in [0.4, 0.5) is 5.69 Å². The molecular formula is C12H19N5O2. The number of nitrogens with zero attached hydrogens (tertiary/aromatic N) is 2. The van der Waals surface area contributed by atoms with Crippen molar-refractivity contribution in [2.24, 2.45) is 0 Å². The van der Waals surface area contributed by atoms with E-state index >= 15 is 0 Å². The lowest BCUT2D eigenvalue weighted by atomic mass is 10.4. The standard InChI is InChI=1S/C12H19N5O2/c1-13-5-4-11(18)16-10-6-14-17(7-10)8-12(19)15-9-2-3-9/h6-7,9,13H,2-5,8H2,1H3,(H,15,19)(H,16,18). The smallest absolute Gasteiger partial charge is 0.241 e. The predicted octanol–water partition coefficient (Wildman–Crippen LogP) is -0.290. The molecule has 3 N–H and O–H groups in total. The summed E-state index contributed by atoms with van der Waals surface area (Å²) >= 11 is 0. The summed E-state index contributed by atoms with van der Waals surface area (Å²) in [7, 11) is 1.80. The van der Waals surface area contributed by atoms with E-state index in [-0.39, 0.29) is 18.4 Å². The Hall–Kier alpha value is -1.89. The number of hydrogen-bond donors (Lipinski definition) is 3. The topological polar surface area (TPSA) is 88.1 Å². The van der Waals surface area contributed by atoms with Crippen molar-refractivity contribution in [2.45, 2.75) is 31.8 Å². The van der Waals surface area contributed by atoms with Gasteiger partial charge in [-0.15, -0.1) is 0 Å². The SMILES string of the molecule is CNCCC(=O)Nc1cnn(CC(=O)NC2CC2)c1. The summed E-state index contributed by atoms with van der Waals surface area (Å²) in [6.45, 7) is 0.812. The van der Waals surface area contributed by atoms with E-state index in [1.165, 1.54) is 4.68 Å². The van der Waals surface area contributed by atoms with Crippen LogP contribution in [0.3, 0.4) is 0 Å². The second-order valence-electron chi connectivity index (χ2n) is 4.67. The van der Waals surface area contributed by atoms with Gasteiger partial charge in [0, 0.05) is 25.2 Å². The minimum absolute atomic E-state index is 0.0429. The Bertz CT molecular complexity index is 453. The van der Waals surface area contributed by atoms with Gasteiger partial charge in [0.05, 0.1) is 11.9 Å². The average Bonchev–Trinajstić information content (AvgIpc) is 3.07. The monoisotopic (exact) mass is 265 g/mol. The van der Waals surface area contributed by atoms with E-state index in [0.29, 0.717) is 24.7 Å². The summed E-state index contributed by atoms with van der Waals surface area (Å²) in [6.07, 6.45) is 5.74. The highest BCUT2D eigenvalue weighted by Crippen LogP contribution is 2.18. The second kappa shape index (κ2) is 6.33. The Morgan fingerprint density at radius 3 is 2.89 bits per heavy atom. The number of anilines is 1. The van der Waals surface area contributed by atoms with E-state index in [1.807, 2.05) is 0 Å². The number of carbonyl (C=O) groups is 2. The molecular weight excluding hydrogens is 246 g/mol. The maximum absolute atomic E-state index is 11.6. The number of aromatic nitrogens is 2. The van der Waals surface area contributed by atoms with Crippen LogP contribution in [0.2, 0.25) is 0 Å². The van der Waals surface area contributed by atoms with E-state index in [1.54, 1.807) is 19.4 Å². The lowest BCUT2D eigenvalue weighted by molar-refractivity contribution is -0.122. The van der Waals surface area contributed by atoms with Crippen LogP contribution in [0.1, 0.15) is 19.3 Å². The van der Waals surface area contributed by atoms with Crippen LogP contribution in [-0.2, 0) is 16.1 Å². The lowest BCUT2D eigenvalue weighted by Crippen LogP contribution is -2.29. The Balaban J connectivity index is 1.77. The van der Waals surface area contributed by atoms with E-state index in [2.05, 4.69) is 21.0 Å². The molecule has 0 saturated heterocycles. The van der Waals surface area contributed by atoms with Gasteiger partial charge < -0.3 is 16.0 Å². The van der Waals surface area contributed by atoms with Crippen LogP contribution in [0.25, 0.3) is 0 Å². The highest BCUT2D eigenvalue weighted by Gasteiger charge is 2.23. The number of rotatable bonds is 7. The van der Waals surface area contributed by atoms with Crippen molar-refractivity contribution < 1.29 is 9.59 Å². The fourth-order valence-electron chi connectivity index (χ4n) is 1.62. The van der Waals surface area contributed by atoms with Crippen molar-refractivity contribution in [3.05, 3.63) is 12.4 Å². The van der Waals surface area contributed by atoms with Gasteiger partial charge in [-0.2, -0.15) is 5.10 Å². The highest BCUT2D eigenvalue weighted by molar-refractivity contribution is 5.90. The second-order valence-corrected chi connectivity index (χ2v) is 4.67. The maximum Gasteiger partial charge on any atom is 0.241 e. The number of amides is 2. The minimum Gasteiger partial charge on any atom is -0.352 e. The van der Waals surface area contributed by atoms with Crippen molar-refractivity contribution in [1.82, 2.24) is 20.4 Å². The molecule has 2 amide bonds. The van der Waals surface area contributed by atoms with Gasteiger partial charge in [-0.1, -0.05) is 0 Å². The van der Waals surface area contributed by atoms with Crippen LogP contribution in [-0.4, -0.2) is 41.2 Å². The van der Waals surface area contributed by atoms with Gasteiger partial charge in [-0.3, -0.25) is 14.3 Å². The molecule has 1 heterocycles. The number of nitrogens with one attached hydrogen (secondary N) is 3. The average molecular weight is 265 g/mol. The van der Waals surface area contributed by atoms with Gasteiger partial charge in [-0.05, 0) is 19.9 Å². The molecule has 1 aliphatic rings. The van der Waals surface area contributed by atoms with Crippen molar-refractivity contribution in [3.8, 4) is 0 Å². The molecule has 0 aliphatic heterocycles. The molecule has 0 unspecified atom stereocenters. The number of carbonyl (C=O) groups excluding carboxylic acids is 2. The predicted molar refractivity (Wildman–Crippen MR) is 70.6 cm³/mol. The van der Waals surface area contributed by atoms with Gasteiger partial charge in [0.2, 0.25) is 11.8 Å². The molecule has 1 aromatic heterocycles. The number of hydrogen-bond acceptors (Lipinski definition) is 4. The van der Waals surface area contributed by atoms with Crippen LogP contribution in [0, 0.1) is 0 Å². The van der Waals surface area contributed by atoms with Crippen LogP contribution in [0.5, 0.6) is 0 Å². The van der Waals surface area contributed by atoms with E-state index in [0.717, 1.165) is 12.8 Å². The fraction of sp³-hybridized carbons (Fsp3) is 0.583. The van der Waals surface area contributed by atoms with Crippen molar-refractivity contribution >= 4 is 17.5 Å². The minimum atomic E-state index is -0.0728. The van der Waals surface area contributed by atoms with E-state index in [4.69, 9.17) is 0 Å². The molecule has 7 nitrogen and oxygen atoms in total. The molecule has 0 radical (unpaired) electrons. The van der Waals surface area contributed by atoms with Crippen molar-refractivity contribution in [3.63, 3.8) is 0 Å². The van der Waals surface area contributed by atoms with Gasteiger partial charge in [0.25, 0.3) is 0 Å². The third-order valence-electron chi connectivity index (χ3n) is 2.77. The quantitative estimate of drug-likeness (QED) is 0.632. The zero-order valence-electron chi connectivity index (χ0n) is 11.0. The van der Waals surface area contributed by atoms with Gasteiger partial charge in [-0.25, -0.2) is 0 Å². The molecule has 0 aromatic carbocycles. The first-order chi connectivity index (χ1) is 9.17. The fourth-order valence-corrected chi connectivity index (χ4v) is 1.62. The maximum atomic E-state index is 11.6. The van der Waals surface area contributed by atoms with Crippen LogP contribution < -0.4 is 16.0 Å². The summed E-state index contributed by atoms with van der Waals surface area (Å²) in [5.74, 6) is -0.116. The molecule has 104 valence electrons. The molecule has 1 aromatic rings. The first kappa shape index (κ1) is 13.5. The Labute approximate surface area is 111 Å². The molecule has 0 spiro atoms. The summed E-state index contributed by atoms with van der Waals surface area (Å²) < 4.78 is 1.52. The summed E-state index contributed by atoms with van der Waals surface area (Å²) in [6, 6.07) is 0.351. The molecule has 1 saturated carbocycles. The first-order valence-corrected chi connectivity index (χ1v) is 6.43. The molecule has 0 atom stereocenters. The van der Waals surface area contributed by atoms with Crippen LogP contribution in [0.15, 0.2) is 12.4 Å². The van der Waals surface area contributed by atoms with E-state index < -0.39 is 0 Å². The van der Waals surface area contributed by atoms with Crippen molar-refractivity contribution in [1.29, 1.82) is 0 Å². The van der Waals surface area contributed by atoms with Gasteiger partial charge in [0.15, 0.2) is 0 Å². The highest BCUT2D eigenvalue weighted by atomic mass is 16.2. The molecule has 0 bridgehead atoms. The molecule has 2 rings (SSSR count). The first-order valence-electron chi connectivity index (χ1n) is 6.43. The Morgan fingerprint density at radius 2 is 2.21 bits per heavy atom. The summed E-state index contributed by atoms with van der Waals surface area (Å²) in [5, 5.41) is 12.6. The zero-order valence-corrected chi connectivity index (χ0v) is 11.0. The summed E-state index contributed by atoms with van der Waals surface area (Å²) in [5.41, 5.74) is 0.611. The Kier molecular flexibility index (Phi) is 4.51. The third-order valence-corrected chi connectivity index (χ3v) is 2.77. The molecule has 1 fully saturated rings.